The van der Waals surface area contributed by atoms with E-state index >= 15 is 0 Å². The number of carboxylic acid groups (broad SMARTS) is 1. The number of carbonyl (C=O) groups is 1. The molecule has 0 amide bonds. The van der Waals surface area contributed by atoms with E-state index in [4.69, 9.17) is 4.74 Å². The van der Waals surface area contributed by atoms with Crippen LogP contribution in [0.2, 0.25) is 0 Å². The fourth-order valence-electron chi connectivity index (χ4n) is 4.65. The Kier molecular flexibility index (Phi) is 10.5. The highest BCUT2D eigenvalue weighted by atomic mass is 32.2. The summed E-state index contributed by atoms with van der Waals surface area (Å²) >= 11 is 1.61. The lowest BCUT2D eigenvalue weighted by atomic mass is 10.1. The molecular formula is C33H37N3O3S. The van der Waals surface area contributed by atoms with Gasteiger partial charge >= 0.3 is 5.97 Å². The standard InChI is InChI=1S/C31H31N3O3S.C2H6/c1-37-30-16-7-23(21-29(30)31(35)36)22-33-17-19-34(20-18-33)27-12-10-26(11-13-27)32-38-28-14-8-25(9-15-28)24-5-3-2-4-6-24;1-2/h2-16,21,32H,17-20,22H2,1H3,(H,35,36);1-2H3. The first-order valence-corrected chi connectivity index (χ1v) is 14.5. The van der Waals surface area contributed by atoms with Gasteiger partial charge in [0.15, 0.2) is 0 Å². The summed E-state index contributed by atoms with van der Waals surface area (Å²) in [6.07, 6.45) is 0. The largest absolute Gasteiger partial charge is 0.496 e. The van der Waals surface area contributed by atoms with Gasteiger partial charge in [0.2, 0.25) is 0 Å². The van der Waals surface area contributed by atoms with E-state index in [0.29, 0.717) is 5.75 Å². The van der Waals surface area contributed by atoms with Crippen LogP contribution in [-0.2, 0) is 6.54 Å². The Balaban J connectivity index is 0.00000181. The molecule has 1 aliphatic heterocycles. The van der Waals surface area contributed by atoms with Crippen LogP contribution in [0.1, 0.15) is 29.8 Å². The number of hydrogen-bond acceptors (Lipinski definition) is 6. The van der Waals surface area contributed by atoms with E-state index in [-0.39, 0.29) is 5.56 Å². The number of nitrogens with one attached hydrogen (secondary N) is 1. The number of hydrogen-bond donors (Lipinski definition) is 2. The van der Waals surface area contributed by atoms with Crippen molar-refractivity contribution in [1.29, 1.82) is 0 Å². The second-order valence-electron chi connectivity index (χ2n) is 9.24. The molecule has 4 aromatic rings. The second-order valence-corrected chi connectivity index (χ2v) is 10.1. The molecule has 5 rings (SSSR count). The van der Waals surface area contributed by atoms with Crippen LogP contribution in [0, 0.1) is 0 Å². The lowest BCUT2D eigenvalue weighted by Gasteiger charge is -2.36. The van der Waals surface area contributed by atoms with Gasteiger partial charge < -0.3 is 19.5 Å². The first kappa shape index (κ1) is 29.1. The van der Waals surface area contributed by atoms with E-state index in [2.05, 4.69) is 87.3 Å². The number of nitrogens with zero attached hydrogens (tertiary/aromatic N) is 2. The van der Waals surface area contributed by atoms with E-state index in [0.717, 1.165) is 48.9 Å². The highest BCUT2D eigenvalue weighted by Crippen LogP contribution is 2.27. The molecule has 0 aromatic heterocycles. The van der Waals surface area contributed by atoms with Crippen molar-refractivity contribution in [2.24, 2.45) is 0 Å². The maximum Gasteiger partial charge on any atom is 0.339 e. The van der Waals surface area contributed by atoms with Crippen LogP contribution < -0.4 is 14.4 Å². The number of methoxy groups -OCH3 is 1. The number of rotatable bonds is 9. The van der Waals surface area contributed by atoms with Crippen molar-refractivity contribution in [3.8, 4) is 16.9 Å². The van der Waals surface area contributed by atoms with Crippen LogP contribution in [-0.4, -0.2) is 49.3 Å². The maximum absolute atomic E-state index is 11.5. The fourth-order valence-corrected chi connectivity index (χ4v) is 5.29. The molecule has 1 heterocycles. The molecule has 0 bridgehead atoms. The molecule has 0 radical (unpaired) electrons. The Morgan fingerprint density at radius 3 is 2.12 bits per heavy atom. The molecule has 2 N–H and O–H groups in total. The van der Waals surface area contributed by atoms with Gasteiger partial charge in [-0.15, -0.1) is 0 Å². The molecule has 7 heteroatoms. The van der Waals surface area contributed by atoms with Gasteiger partial charge in [0.05, 0.1) is 7.11 Å². The zero-order chi connectivity index (χ0) is 28.3. The molecule has 1 aliphatic rings. The third kappa shape index (κ3) is 7.58. The van der Waals surface area contributed by atoms with Crippen molar-refractivity contribution in [2.75, 3.05) is 42.9 Å². The highest BCUT2D eigenvalue weighted by Gasteiger charge is 2.19. The molecule has 4 aromatic carbocycles. The lowest BCUT2D eigenvalue weighted by molar-refractivity contribution is 0.0693. The van der Waals surface area contributed by atoms with E-state index in [9.17, 15) is 9.90 Å². The first-order chi connectivity index (χ1) is 19.6. The van der Waals surface area contributed by atoms with Gasteiger partial charge in [-0.1, -0.05) is 62.4 Å². The Bertz CT molecular complexity index is 1350. The van der Waals surface area contributed by atoms with E-state index in [1.165, 1.54) is 23.9 Å². The van der Waals surface area contributed by atoms with Crippen LogP contribution in [0.5, 0.6) is 5.75 Å². The zero-order valence-electron chi connectivity index (χ0n) is 23.3. The summed E-state index contributed by atoms with van der Waals surface area (Å²) < 4.78 is 8.62. The number of carboxylic acids is 1. The number of aromatic carboxylic acids is 1. The number of anilines is 2. The molecule has 0 saturated carbocycles. The quantitative estimate of drug-likeness (QED) is 0.207. The fraction of sp³-hybridized carbons (Fsp3) is 0.242. The van der Waals surface area contributed by atoms with Crippen molar-refractivity contribution in [3.63, 3.8) is 0 Å². The van der Waals surface area contributed by atoms with Crippen molar-refractivity contribution in [1.82, 2.24) is 4.90 Å². The first-order valence-electron chi connectivity index (χ1n) is 13.6. The molecule has 1 saturated heterocycles. The average molecular weight is 556 g/mol. The van der Waals surface area contributed by atoms with Gasteiger partial charge in [-0.2, -0.15) is 0 Å². The molecule has 0 spiro atoms. The Labute approximate surface area is 241 Å². The van der Waals surface area contributed by atoms with Crippen LogP contribution in [0.4, 0.5) is 11.4 Å². The summed E-state index contributed by atoms with van der Waals surface area (Å²) in [6, 6.07) is 33.0. The highest BCUT2D eigenvalue weighted by molar-refractivity contribution is 8.00. The van der Waals surface area contributed by atoms with Gasteiger partial charge in [-0.25, -0.2) is 4.79 Å². The van der Waals surface area contributed by atoms with Crippen LogP contribution >= 0.6 is 11.9 Å². The Hall–Kier alpha value is -3.94. The number of piperazine rings is 1. The summed E-state index contributed by atoms with van der Waals surface area (Å²) in [6.45, 7) is 8.42. The minimum atomic E-state index is -0.967. The Morgan fingerprint density at radius 1 is 0.850 bits per heavy atom. The number of ether oxygens (including phenoxy) is 1. The van der Waals surface area contributed by atoms with Gasteiger partial charge in [-0.3, -0.25) is 4.90 Å². The van der Waals surface area contributed by atoms with Crippen LogP contribution in [0.25, 0.3) is 11.1 Å². The SMILES string of the molecule is CC.COc1ccc(CN2CCN(c3ccc(NSc4ccc(-c5ccccc5)cc4)cc3)CC2)cc1C(=O)O. The van der Waals surface area contributed by atoms with Crippen molar-refractivity contribution < 1.29 is 14.6 Å². The van der Waals surface area contributed by atoms with E-state index in [1.54, 1.807) is 24.1 Å². The summed E-state index contributed by atoms with van der Waals surface area (Å²) in [4.78, 5) is 17.4. The third-order valence-electron chi connectivity index (χ3n) is 6.75. The topological polar surface area (TPSA) is 65.0 Å². The van der Waals surface area contributed by atoms with Crippen molar-refractivity contribution in [2.45, 2.75) is 25.3 Å². The molecular weight excluding hydrogens is 518 g/mol. The average Bonchev–Trinajstić information content (AvgIpc) is 3.02. The molecule has 0 atom stereocenters. The smallest absolute Gasteiger partial charge is 0.339 e. The minimum absolute atomic E-state index is 0.208. The molecule has 0 aliphatic carbocycles. The summed E-state index contributed by atoms with van der Waals surface area (Å²) in [5, 5.41) is 9.44. The van der Waals surface area contributed by atoms with E-state index < -0.39 is 5.97 Å². The zero-order valence-corrected chi connectivity index (χ0v) is 24.2. The second kappa shape index (κ2) is 14.4. The monoisotopic (exact) mass is 555 g/mol. The molecule has 40 heavy (non-hydrogen) atoms. The Morgan fingerprint density at radius 2 is 1.50 bits per heavy atom. The number of benzene rings is 4. The van der Waals surface area contributed by atoms with Crippen molar-refractivity contribution >= 4 is 29.3 Å². The van der Waals surface area contributed by atoms with Gasteiger partial charge in [-0.05, 0) is 77.2 Å². The predicted molar refractivity (Wildman–Crippen MR) is 167 cm³/mol. The molecule has 0 unspecified atom stereocenters. The summed E-state index contributed by atoms with van der Waals surface area (Å²) in [7, 11) is 1.49. The summed E-state index contributed by atoms with van der Waals surface area (Å²) in [5.74, 6) is -0.575. The van der Waals surface area contributed by atoms with Gasteiger partial charge in [0.25, 0.3) is 0 Å². The third-order valence-corrected chi connectivity index (χ3v) is 7.60. The maximum atomic E-state index is 11.5. The van der Waals surface area contributed by atoms with Crippen LogP contribution in [0.3, 0.4) is 0 Å². The van der Waals surface area contributed by atoms with Gasteiger partial charge in [0, 0.05) is 49.0 Å². The summed E-state index contributed by atoms with van der Waals surface area (Å²) in [5.41, 5.74) is 5.91. The van der Waals surface area contributed by atoms with Gasteiger partial charge in [0.1, 0.15) is 11.3 Å². The molecule has 6 nitrogen and oxygen atoms in total. The van der Waals surface area contributed by atoms with Crippen LogP contribution in [0.15, 0.2) is 102 Å². The normalized spacial score (nSPS) is 13.2. The van der Waals surface area contributed by atoms with Crippen molar-refractivity contribution in [3.05, 3.63) is 108 Å². The van der Waals surface area contributed by atoms with E-state index in [1.807, 2.05) is 26.0 Å². The lowest BCUT2D eigenvalue weighted by Crippen LogP contribution is -2.45. The molecule has 1 fully saturated rings. The minimum Gasteiger partial charge on any atom is -0.496 e. The predicted octanol–water partition coefficient (Wildman–Crippen LogP) is 7.53. The molecule has 208 valence electrons.